The molecule has 2 rings (SSSR count). The third kappa shape index (κ3) is 2.22. The van der Waals surface area contributed by atoms with Crippen molar-refractivity contribution in [3.63, 3.8) is 0 Å². The molecule has 0 aliphatic carbocycles. The van der Waals surface area contributed by atoms with Crippen molar-refractivity contribution < 1.29 is 14.3 Å². The number of carboxylic acid groups (broad SMARTS) is 1. The van der Waals surface area contributed by atoms with Crippen LogP contribution < -0.4 is 4.90 Å². The van der Waals surface area contributed by atoms with Crippen molar-refractivity contribution in [2.75, 3.05) is 18.0 Å². The Balaban J connectivity index is 2.34. The summed E-state index contributed by atoms with van der Waals surface area (Å²) in [6.07, 6.45) is 0.530. The Morgan fingerprint density at radius 1 is 1.55 bits per heavy atom. The highest BCUT2D eigenvalue weighted by Gasteiger charge is 2.47. The van der Waals surface area contributed by atoms with Gasteiger partial charge in [0.2, 0.25) is 0 Å². The van der Waals surface area contributed by atoms with Gasteiger partial charge in [-0.05, 0) is 30.5 Å². The van der Waals surface area contributed by atoms with Crippen LogP contribution in [0.5, 0.6) is 0 Å². The predicted octanol–water partition coefficient (Wildman–Crippen LogP) is 2.63. The van der Waals surface area contributed by atoms with Gasteiger partial charge in [-0.15, -0.1) is 0 Å². The summed E-state index contributed by atoms with van der Waals surface area (Å²) in [5, 5.41) is 18.6. The Kier molecular flexibility index (Phi) is 3.67. The van der Waals surface area contributed by atoms with Crippen LogP contribution in [0.25, 0.3) is 0 Å². The van der Waals surface area contributed by atoms with Gasteiger partial charge in [-0.2, -0.15) is 5.26 Å². The molecule has 0 amide bonds. The van der Waals surface area contributed by atoms with Crippen molar-refractivity contribution in [2.45, 2.75) is 20.3 Å². The minimum absolute atomic E-state index is 0.00372. The maximum Gasteiger partial charge on any atom is 0.311 e. The van der Waals surface area contributed by atoms with E-state index >= 15 is 0 Å². The largest absolute Gasteiger partial charge is 0.481 e. The molecule has 0 spiro atoms. The molecular weight excluding hydrogens is 259 g/mol. The molecular formula is C15H17FN2O2. The van der Waals surface area contributed by atoms with E-state index in [1.54, 1.807) is 6.07 Å². The Morgan fingerprint density at radius 2 is 2.25 bits per heavy atom. The Bertz CT molecular complexity index is 580. The average molecular weight is 276 g/mol. The van der Waals surface area contributed by atoms with Gasteiger partial charge in [-0.1, -0.05) is 13.8 Å². The van der Waals surface area contributed by atoms with E-state index in [9.17, 15) is 14.3 Å². The van der Waals surface area contributed by atoms with Gasteiger partial charge in [0.05, 0.1) is 16.7 Å². The molecule has 0 bridgehead atoms. The molecule has 1 N–H and O–H groups in total. The highest BCUT2D eigenvalue weighted by Crippen LogP contribution is 2.40. The summed E-state index contributed by atoms with van der Waals surface area (Å²) in [6, 6.07) is 6.00. The van der Waals surface area contributed by atoms with Crippen LogP contribution in [-0.2, 0) is 4.79 Å². The number of halogens is 1. The lowest BCUT2D eigenvalue weighted by molar-refractivity contribution is -0.150. The van der Waals surface area contributed by atoms with Crippen molar-refractivity contribution in [1.82, 2.24) is 0 Å². The summed E-state index contributed by atoms with van der Waals surface area (Å²) in [5.74, 6) is -1.27. The molecule has 0 aromatic heterocycles. The number of nitrogens with zero attached hydrogens (tertiary/aromatic N) is 2. The zero-order valence-corrected chi connectivity index (χ0v) is 11.6. The number of anilines is 1. The Hall–Kier alpha value is -2.09. The molecule has 1 aliphatic rings. The minimum atomic E-state index is -0.810. The van der Waals surface area contributed by atoms with Crippen molar-refractivity contribution >= 4 is 11.7 Å². The fourth-order valence-electron chi connectivity index (χ4n) is 2.81. The predicted molar refractivity (Wildman–Crippen MR) is 72.9 cm³/mol. The number of aliphatic carboxylic acids is 1. The van der Waals surface area contributed by atoms with Crippen molar-refractivity contribution in [3.05, 3.63) is 29.6 Å². The lowest BCUT2D eigenvalue weighted by atomic mass is 9.76. The van der Waals surface area contributed by atoms with Gasteiger partial charge in [0.1, 0.15) is 11.9 Å². The van der Waals surface area contributed by atoms with E-state index in [4.69, 9.17) is 5.26 Å². The molecule has 20 heavy (non-hydrogen) atoms. The zero-order valence-electron chi connectivity index (χ0n) is 11.6. The maximum atomic E-state index is 13.2. The van der Waals surface area contributed by atoms with E-state index < -0.39 is 17.2 Å². The van der Waals surface area contributed by atoms with Crippen molar-refractivity contribution in [1.29, 1.82) is 5.26 Å². The average Bonchev–Trinajstić information content (AvgIpc) is 2.84. The van der Waals surface area contributed by atoms with Gasteiger partial charge in [0.25, 0.3) is 0 Å². The number of hydrogen-bond donors (Lipinski definition) is 1. The van der Waals surface area contributed by atoms with Gasteiger partial charge in [0, 0.05) is 13.1 Å². The van der Waals surface area contributed by atoms with Crippen LogP contribution in [0, 0.1) is 28.5 Å². The second-order valence-electron chi connectivity index (χ2n) is 5.56. The first-order valence-corrected chi connectivity index (χ1v) is 6.58. The first-order valence-electron chi connectivity index (χ1n) is 6.58. The summed E-state index contributed by atoms with van der Waals surface area (Å²) in [5.41, 5.74) is 0.0498. The number of hydrogen-bond acceptors (Lipinski definition) is 3. The molecule has 106 valence electrons. The fraction of sp³-hybridized carbons (Fsp3) is 0.467. The van der Waals surface area contributed by atoms with E-state index in [2.05, 4.69) is 0 Å². The van der Waals surface area contributed by atoms with Crippen LogP contribution in [0.4, 0.5) is 10.1 Å². The Morgan fingerprint density at radius 3 is 2.75 bits per heavy atom. The van der Waals surface area contributed by atoms with E-state index in [1.807, 2.05) is 24.8 Å². The molecule has 1 fully saturated rings. The van der Waals surface area contributed by atoms with Gasteiger partial charge < -0.3 is 10.0 Å². The molecule has 1 aliphatic heterocycles. The topological polar surface area (TPSA) is 64.3 Å². The standard InChI is InChI=1S/C15H17FN2O2/c1-10(2)15(14(19)20)5-6-18(9-15)13-4-3-12(16)7-11(13)8-17/h3-4,7,10H,5-6,9H2,1-2H3,(H,19,20). The number of carboxylic acids is 1. The number of rotatable bonds is 3. The van der Waals surface area contributed by atoms with Crippen LogP contribution in [0.2, 0.25) is 0 Å². The Labute approximate surface area is 117 Å². The van der Waals surface area contributed by atoms with Crippen molar-refractivity contribution in [2.24, 2.45) is 11.3 Å². The lowest BCUT2D eigenvalue weighted by Crippen LogP contribution is -2.39. The molecule has 0 saturated carbocycles. The summed E-state index contributed by atoms with van der Waals surface area (Å²) < 4.78 is 13.2. The molecule has 1 heterocycles. The number of carbonyl (C=O) groups is 1. The highest BCUT2D eigenvalue weighted by molar-refractivity contribution is 5.77. The van der Waals surface area contributed by atoms with Crippen molar-refractivity contribution in [3.8, 4) is 6.07 Å². The summed E-state index contributed by atoms with van der Waals surface area (Å²) in [6.45, 7) is 4.70. The lowest BCUT2D eigenvalue weighted by Gasteiger charge is -2.29. The van der Waals surface area contributed by atoms with Crippen LogP contribution in [-0.4, -0.2) is 24.2 Å². The van der Waals surface area contributed by atoms with E-state index in [1.165, 1.54) is 12.1 Å². The van der Waals surface area contributed by atoms with E-state index in [0.29, 0.717) is 25.2 Å². The SMILES string of the molecule is CC(C)C1(C(=O)O)CCN(c2ccc(F)cc2C#N)C1. The quantitative estimate of drug-likeness (QED) is 0.921. The second-order valence-corrected chi connectivity index (χ2v) is 5.56. The molecule has 1 atom stereocenters. The van der Waals surface area contributed by atoms with Gasteiger partial charge in [-0.3, -0.25) is 4.79 Å². The van der Waals surface area contributed by atoms with E-state index in [0.717, 1.165) is 0 Å². The third-order valence-electron chi connectivity index (χ3n) is 4.25. The first-order chi connectivity index (χ1) is 9.40. The first kappa shape index (κ1) is 14.3. The minimum Gasteiger partial charge on any atom is -0.481 e. The monoisotopic (exact) mass is 276 g/mol. The van der Waals surface area contributed by atoms with Crippen LogP contribution in [0.1, 0.15) is 25.8 Å². The number of benzene rings is 1. The highest BCUT2D eigenvalue weighted by atomic mass is 19.1. The molecule has 4 nitrogen and oxygen atoms in total. The second kappa shape index (κ2) is 5.12. The third-order valence-corrected chi connectivity index (χ3v) is 4.25. The molecule has 5 heteroatoms. The molecule has 1 aromatic carbocycles. The van der Waals surface area contributed by atoms with Gasteiger partial charge >= 0.3 is 5.97 Å². The molecule has 1 saturated heterocycles. The fourth-order valence-corrected chi connectivity index (χ4v) is 2.81. The normalized spacial score (nSPS) is 22.1. The summed E-state index contributed by atoms with van der Waals surface area (Å²) >= 11 is 0. The molecule has 1 unspecified atom stereocenters. The summed E-state index contributed by atoms with van der Waals surface area (Å²) in [4.78, 5) is 13.5. The smallest absolute Gasteiger partial charge is 0.311 e. The van der Waals surface area contributed by atoms with E-state index in [-0.39, 0.29) is 11.5 Å². The van der Waals surface area contributed by atoms with Crippen LogP contribution in [0.15, 0.2) is 18.2 Å². The maximum absolute atomic E-state index is 13.2. The number of nitriles is 1. The zero-order chi connectivity index (χ0) is 14.9. The summed E-state index contributed by atoms with van der Waals surface area (Å²) in [7, 11) is 0. The van der Waals surface area contributed by atoms with Crippen LogP contribution >= 0.6 is 0 Å². The molecule has 0 radical (unpaired) electrons. The molecule has 1 aromatic rings. The van der Waals surface area contributed by atoms with Crippen LogP contribution in [0.3, 0.4) is 0 Å². The van der Waals surface area contributed by atoms with Gasteiger partial charge in [-0.25, -0.2) is 4.39 Å². The van der Waals surface area contributed by atoms with Gasteiger partial charge in [0.15, 0.2) is 0 Å².